The Morgan fingerprint density at radius 3 is 2.38 bits per heavy atom. The summed E-state index contributed by atoms with van der Waals surface area (Å²) >= 11 is 7.51. The number of alkyl halides is 2. The maximum atomic E-state index is 12.0. The van der Waals surface area contributed by atoms with E-state index in [1.807, 2.05) is 52.9 Å². The lowest BCUT2D eigenvalue weighted by atomic mass is 10.2. The molecular formula is C11H14ClIO2S. The van der Waals surface area contributed by atoms with E-state index in [-0.39, 0.29) is 5.75 Å². The van der Waals surface area contributed by atoms with Crippen LogP contribution in [0.2, 0.25) is 0 Å². The van der Waals surface area contributed by atoms with Crippen LogP contribution in [0.1, 0.15) is 21.7 Å². The Morgan fingerprint density at radius 1 is 1.19 bits per heavy atom. The highest BCUT2D eigenvalue weighted by atomic mass is 127. The molecule has 90 valence electrons. The van der Waals surface area contributed by atoms with Crippen LogP contribution in [0, 0.1) is 0 Å². The summed E-state index contributed by atoms with van der Waals surface area (Å²) in [5.74, 6) is 0.731. The molecule has 1 aromatic carbocycles. The molecule has 1 atom stereocenters. The Balaban J connectivity index is 2.69. The molecular weight excluding hydrogens is 359 g/mol. The zero-order chi connectivity index (χ0) is 12.0. The lowest BCUT2D eigenvalue weighted by molar-refractivity contribution is 0.592. The van der Waals surface area contributed by atoms with Crippen LogP contribution in [0.3, 0.4) is 0 Å². The van der Waals surface area contributed by atoms with Gasteiger partial charge < -0.3 is 0 Å². The fourth-order valence-corrected chi connectivity index (χ4v) is 4.07. The summed E-state index contributed by atoms with van der Waals surface area (Å²) in [7, 11) is -3.06. The van der Waals surface area contributed by atoms with Crippen molar-refractivity contribution in [3.63, 3.8) is 0 Å². The molecule has 0 heterocycles. The molecule has 0 N–H and O–H groups in total. The van der Waals surface area contributed by atoms with E-state index in [9.17, 15) is 8.42 Å². The van der Waals surface area contributed by atoms with Gasteiger partial charge in [0.2, 0.25) is 0 Å². The molecule has 1 rings (SSSR count). The minimum absolute atomic E-state index is 0.211. The van der Waals surface area contributed by atoms with Crippen LogP contribution in [0.5, 0.6) is 0 Å². The third-order valence-electron chi connectivity index (χ3n) is 2.19. The molecule has 0 bridgehead atoms. The first-order valence-corrected chi connectivity index (χ1v) is 8.54. The maximum absolute atomic E-state index is 12.0. The van der Waals surface area contributed by atoms with Crippen molar-refractivity contribution >= 4 is 44.0 Å². The standard InChI is InChI=1S/C11H14ClIO2S/c12-8-4-5-9-16(14,15)11(13)10-6-2-1-3-7-10/h1-3,6-7,11H,4-5,8-9H2. The topological polar surface area (TPSA) is 34.1 Å². The highest BCUT2D eigenvalue weighted by Gasteiger charge is 2.23. The van der Waals surface area contributed by atoms with Gasteiger partial charge in [0.05, 0.1) is 5.75 Å². The van der Waals surface area contributed by atoms with Crippen LogP contribution in [-0.4, -0.2) is 20.1 Å². The number of halogens is 2. The molecule has 16 heavy (non-hydrogen) atoms. The van der Waals surface area contributed by atoms with Crippen molar-refractivity contribution in [2.24, 2.45) is 0 Å². The molecule has 0 amide bonds. The summed E-state index contributed by atoms with van der Waals surface area (Å²) < 4.78 is 23.5. The number of hydrogen-bond donors (Lipinski definition) is 0. The second kappa shape index (κ2) is 6.81. The number of unbranched alkanes of at least 4 members (excludes halogenated alkanes) is 1. The highest BCUT2D eigenvalue weighted by molar-refractivity contribution is 14.1. The van der Waals surface area contributed by atoms with Crippen molar-refractivity contribution in [2.75, 3.05) is 11.6 Å². The largest absolute Gasteiger partial charge is 0.227 e. The molecule has 0 aromatic heterocycles. The van der Waals surface area contributed by atoms with Gasteiger partial charge in [-0.2, -0.15) is 0 Å². The first kappa shape index (κ1) is 14.3. The van der Waals surface area contributed by atoms with Gasteiger partial charge in [-0.3, -0.25) is 0 Å². The van der Waals surface area contributed by atoms with Gasteiger partial charge in [0.15, 0.2) is 9.84 Å². The van der Waals surface area contributed by atoms with Gasteiger partial charge in [0.25, 0.3) is 0 Å². The van der Waals surface area contributed by atoms with E-state index in [1.54, 1.807) is 0 Å². The first-order valence-electron chi connectivity index (χ1n) is 5.04. The summed E-state index contributed by atoms with van der Waals surface area (Å²) in [6.07, 6.45) is 1.39. The smallest absolute Gasteiger partial charge is 0.166 e. The molecule has 0 spiro atoms. The third-order valence-corrected chi connectivity index (χ3v) is 7.26. The summed E-state index contributed by atoms with van der Waals surface area (Å²) in [6, 6.07) is 9.28. The van der Waals surface area contributed by atoms with Gasteiger partial charge >= 0.3 is 0 Å². The van der Waals surface area contributed by atoms with E-state index in [2.05, 4.69) is 0 Å². The molecule has 0 saturated heterocycles. The van der Waals surface area contributed by atoms with Gasteiger partial charge in [-0.1, -0.05) is 52.9 Å². The van der Waals surface area contributed by atoms with Crippen LogP contribution in [0.15, 0.2) is 30.3 Å². The van der Waals surface area contributed by atoms with Gasteiger partial charge in [-0.25, -0.2) is 8.42 Å². The molecule has 0 aliphatic carbocycles. The van der Waals surface area contributed by atoms with Crippen LogP contribution < -0.4 is 0 Å². The number of benzene rings is 1. The monoisotopic (exact) mass is 372 g/mol. The van der Waals surface area contributed by atoms with E-state index >= 15 is 0 Å². The Labute approximate surface area is 115 Å². The second-order valence-corrected chi connectivity index (χ2v) is 8.16. The van der Waals surface area contributed by atoms with Crippen molar-refractivity contribution in [3.8, 4) is 0 Å². The SMILES string of the molecule is O=S(=O)(CCCCCl)C(I)c1ccccc1. The number of sulfone groups is 1. The Bertz CT molecular complexity index is 405. The maximum Gasteiger partial charge on any atom is 0.166 e. The summed E-state index contributed by atoms with van der Waals surface area (Å²) in [5, 5.41) is 0. The molecule has 0 aliphatic heterocycles. The molecule has 2 nitrogen and oxygen atoms in total. The van der Waals surface area contributed by atoms with Crippen LogP contribution in [0.4, 0.5) is 0 Å². The van der Waals surface area contributed by atoms with Crippen LogP contribution in [0.25, 0.3) is 0 Å². The molecule has 0 fully saturated rings. The van der Waals surface area contributed by atoms with Crippen molar-refractivity contribution in [3.05, 3.63) is 35.9 Å². The lowest BCUT2D eigenvalue weighted by Gasteiger charge is -2.11. The van der Waals surface area contributed by atoms with Crippen LogP contribution in [-0.2, 0) is 9.84 Å². The Kier molecular flexibility index (Phi) is 6.07. The predicted octanol–water partition coefficient (Wildman–Crippen LogP) is 3.55. The quantitative estimate of drug-likeness (QED) is 0.435. The average molecular weight is 373 g/mol. The Hall–Kier alpha value is 0.190. The van der Waals surface area contributed by atoms with Gasteiger partial charge in [-0.05, 0) is 18.4 Å². The van der Waals surface area contributed by atoms with Crippen molar-refractivity contribution in [1.29, 1.82) is 0 Å². The minimum Gasteiger partial charge on any atom is -0.227 e. The van der Waals surface area contributed by atoms with Crippen LogP contribution >= 0.6 is 34.2 Å². The fraction of sp³-hybridized carbons (Fsp3) is 0.455. The van der Waals surface area contributed by atoms with Crippen molar-refractivity contribution in [2.45, 2.75) is 16.1 Å². The van der Waals surface area contributed by atoms with E-state index in [1.165, 1.54) is 0 Å². The minimum atomic E-state index is -3.06. The Morgan fingerprint density at radius 2 is 1.81 bits per heavy atom. The third kappa shape index (κ3) is 4.22. The lowest BCUT2D eigenvalue weighted by Crippen LogP contribution is -2.12. The molecule has 0 radical (unpaired) electrons. The molecule has 1 unspecified atom stereocenters. The van der Waals surface area contributed by atoms with E-state index in [0.29, 0.717) is 12.3 Å². The summed E-state index contributed by atoms with van der Waals surface area (Å²) in [4.78, 5) is 0. The number of rotatable bonds is 6. The second-order valence-electron chi connectivity index (χ2n) is 3.49. The van der Waals surface area contributed by atoms with Crippen molar-refractivity contribution in [1.82, 2.24) is 0 Å². The number of hydrogen-bond acceptors (Lipinski definition) is 2. The zero-order valence-corrected chi connectivity index (χ0v) is 12.5. The molecule has 0 aliphatic rings. The summed E-state index contributed by atoms with van der Waals surface area (Å²) in [5.41, 5.74) is 0.842. The van der Waals surface area contributed by atoms with E-state index < -0.39 is 13.1 Å². The van der Waals surface area contributed by atoms with Crippen molar-refractivity contribution < 1.29 is 8.42 Å². The fourth-order valence-electron chi connectivity index (χ4n) is 1.31. The van der Waals surface area contributed by atoms with Gasteiger partial charge in [0.1, 0.15) is 3.26 Å². The van der Waals surface area contributed by atoms with E-state index in [0.717, 1.165) is 12.0 Å². The zero-order valence-electron chi connectivity index (χ0n) is 8.77. The normalized spacial score (nSPS) is 13.6. The average Bonchev–Trinajstić information content (AvgIpc) is 2.29. The molecule has 1 aromatic rings. The molecule has 0 saturated carbocycles. The summed E-state index contributed by atoms with van der Waals surface area (Å²) in [6.45, 7) is 0. The highest BCUT2D eigenvalue weighted by Crippen LogP contribution is 2.30. The first-order chi connectivity index (χ1) is 7.58. The van der Waals surface area contributed by atoms with Gasteiger partial charge in [-0.15, -0.1) is 11.6 Å². The molecule has 5 heteroatoms. The van der Waals surface area contributed by atoms with Gasteiger partial charge in [0, 0.05) is 5.88 Å². The van der Waals surface area contributed by atoms with E-state index in [4.69, 9.17) is 11.6 Å². The predicted molar refractivity (Wildman–Crippen MR) is 76.9 cm³/mol.